The van der Waals surface area contributed by atoms with Crippen molar-refractivity contribution in [1.29, 1.82) is 0 Å². The summed E-state index contributed by atoms with van der Waals surface area (Å²) >= 11 is 0. The Bertz CT molecular complexity index is 1210. The molecule has 0 bridgehead atoms. The molecule has 2 heterocycles. The molecular weight excluding hydrogens is 402 g/mol. The van der Waals surface area contributed by atoms with Gasteiger partial charge in [-0.1, -0.05) is 29.8 Å². The van der Waals surface area contributed by atoms with Crippen LogP contribution in [0.25, 0.3) is 17.5 Å². The molecule has 1 aliphatic carbocycles. The zero-order valence-corrected chi connectivity index (χ0v) is 17.4. The van der Waals surface area contributed by atoms with Crippen molar-refractivity contribution in [3.8, 4) is 11.4 Å². The van der Waals surface area contributed by atoms with Crippen LogP contribution in [-0.2, 0) is 16.6 Å². The first-order valence-electron chi connectivity index (χ1n) is 9.77. The zero-order chi connectivity index (χ0) is 21.1. The van der Waals surface area contributed by atoms with Gasteiger partial charge >= 0.3 is 5.69 Å². The Morgan fingerprint density at radius 2 is 1.97 bits per heavy atom. The van der Waals surface area contributed by atoms with Gasteiger partial charge in [-0.25, -0.2) is 22.6 Å². The molecule has 1 saturated carbocycles. The van der Waals surface area contributed by atoms with Gasteiger partial charge in [0.25, 0.3) is 0 Å². The van der Waals surface area contributed by atoms with Gasteiger partial charge in [0.05, 0.1) is 6.54 Å². The third-order valence-electron chi connectivity index (χ3n) is 4.85. The Morgan fingerprint density at radius 1 is 1.20 bits per heavy atom. The lowest BCUT2D eigenvalue weighted by atomic mass is 10.2. The van der Waals surface area contributed by atoms with Crippen LogP contribution in [0.5, 0.6) is 0 Å². The second-order valence-electron chi connectivity index (χ2n) is 7.32. The van der Waals surface area contributed by atoms with Crippen molar-refractivity contribution in [3.63, 3.8) is 0 Å². The first kappa shape index (κ1) is 20.2. The molecule has 9 heteroatoms. The third-order valence-corrected chi connectivity index (χ3v) is 5.95. The van der Waals surface area contributed by atoms with Gasteiger partial charge in [-0.3, -0.25) is 9.55 Å². The molecule has 1 aliphatic rings. The number of nitrogens with one attached hydrogen (secondary N) is 1. The van der Waals surface area contributed by atoms with E-state index in [1.807, 2.05) is 37.3 Å². The van der Waals surface area contributed by atoms with Crippen LogP contribution in [0.2, 0.25) is 0 Å². The topological polar surface area (TPSA) is 98.9 Å². The Balaban J connectivity index is 1.45. The summed E-state index contributed by atoms with van der Waals surface area (Å²) < 4.78 is 30.0. The minimum atomic E-state index is -3.62. The van der Waals surface area contributed by atoms with Gasteiger partial charge in [0.15, 0.2) is 5.82 Å². The highest BCUT2D eigenvalue weighted by Gasteiger charge is 2.30. The molecule has 1 fully saturated rings. The van der Waals surface area contributed by atoms with E-state index in [2.05, 4.69) is 14.8 Å². The first-order chi connectivity index (χ1) is 14.4. The van der Waals surface area contributed by atoms with E-state index in [1.165, 1.54) is 10.8 Å². The van der Waals surface area contributed by atoms with Crippen LogP contribution in [0.4, 0.5) is 0 Å². The van der Waals surface area contributed by atoms with Crippen molar-refractivity contribution in [2.75, 3.05) is 6.54 Å². The number of hydrogen-bond donors (Lipinski definition) is 1. The fourth-order valence-corrected chi connectivity index (χ4v) is 3.92. The fraction of sp³-hybridized carbons (Fsp3) is 0.286. The molecule has 30 heavy (non-hydrogen) atoms. The van der Waals surface area contributed by atoms with Crippen molar-refractivity contribution >= 4 is 16.1 Å². The molecule has 1 aromatic carbocycles. The van der Waals surface area contributed by atoms with Crippen LogP contribution in [0, 0.1) is 6.92 Å². The predicted octanol–water partition coefficient (Wildman–Crippen LogP) is 2.34. The van der Waals surface area contributed by atoms with Gasteiger partial charge in [0.2, 0.25) is 10.0 Å². The Morgan fingerprint density at radius 3 is 2.63 bits per heavy atom. The van der Waals surface area contributed by atoms with E-state index < -0.39 is 10.0 Å². The molecule has 3 aromatic rings. The van der Waals surface area contributed by atoms with Crippen molar-refractivity contribution in [3.05, 3.63) is 75.8 Å². The van der Waals surface area contributed by atoms with Crippen LogP contribution in [0.3, 0.4) is 0 Å². The fourth-order valence-electron chi connectivity index (χ4n) is 3.11. The highest BCUT2D eigenvalue weighted by molar-refractivity contribution is 7.92. The molecule has 0 amide bonds. The Labute approximate surface area is 174 Å². The average molecular weight is 426 g/mol. The SMILES string of the molecule is Cc1ccc(/C=C/S(=O)(=O)NCCn2nc(-c3cccnc3)n(C3CC3)c2=O)cc1. The van der Waals surface area contributed by atoms with Crippen LogP contribution in [0.15, 0.2) is 59.0 Å². The van der Waals surface area contributed by atoms with E-state index in [9.17, 15) is 13.2 Å². The van der Waals surface area contributed by atoms with Gasteiger partial charge < -0.3 is 0 Å². The number of sulfonamides is 1. The smallest absolute Gasteiger partial charge is 0.272 e. The maximum Gasteiger partial charge on any atom is 0.346 e. The van der Waals surface area contributed by atoms with Crippen molar-refractivity contribution in [1.82, 2.24) is 24.1 Å². The molecule has 0 spiro atoms. The molecule has 1 N–H and O–H groups in total. The van der Waals surface area contributed by atoms with E-state index in [1.54, 1.807) is 23.0 Å². The highest BCUT2D eigenvalue weighted by Crippen LogP contribution is 2.36. The minimum absolute atomic E-state index is 0.0641. The van der Waals surface area contributed by atoms with Crippen LogP contribution < -0.4 is 10.4 Å². The van der Waals surface area contributed by atoms with Crippen molar-refractivity contribution in [2.45, 2.75) is 32.4 Å². The minimum Gasteiger partial charge on any atom is -0.272 e. The predicted molar refractivity (Wildman–Crippen MR) is 115 cm³/mol. The normalized spacial score (nSPS) is 14.4. The Hall–Kier alpha value is -3.04. The summed E-state index contributed by atoms with van der Waals surface area (Å²) in [5.41, 5.74) is 2.44. The summed E-state index contributed by atoms with van der Waals surface area (Å²) in [4.78, 5) is 16.9. The van der Waals surface area contributed by atoms with Gasteiger partial charge in [-0.2, -0.15) is 0 Å². The lowest BCUT2D eigenvalue weighted by Gasteiger charge is -2.02. The molecule has 0 unspecified atom stereocenters. The average Bonchev–Trinajstić information content (AvgIpc) is 3.52. The summed E-state index contributed by atoms with van der Waals surface area (Å²) in [6.07, 6.45) is 6.75. The molecule has 2 aromatic heterocycles. The number of aromatic nitrogens is 4. The zero-order valence-electron chi connectivity index (χ0n) is 16.6. The maximum atomic E-state index is 12.8. The first-order valence-corrected chi connectivity index (χ1v) is 11.3. The van der Waals surface area contributed by atoms with Gasteiger partial charge in [-0.15, -0.1) is 5.10 Å². The molecule has 0 saturated heterocycles. The second kappa shape index (κ2) is 8.37. The van der Waals surface area contributed by atoms with Crippen LogP contribution >= 0.6 is 0 Å². The van der Waals surface area contributed by atoms with E-state index >= 15 is 0 Å². The molecule has 8 nitrogen and oxygen atoms in total. The van der Waals surface area contributed by atoms with Crippen LogP contribution in [0.1, 0.15) is 30.0 Å². The largest absolute Gasteiger partial charge is 0.346 e. The maximum absolute atomic E-state index is 12.8. The van der Waals surface area contributed by atoms with Crippen molar-refractivity contribution < 1.29 is 8.42 Å². The molecule has 156 valence electrons. The number of rotatable bonds is 8. The summed E-state index contributed by atoms with van der Waals surface area (Å²) in [6.45, 7) is 2.18. The molecule has 0 atom stereocenters. The molecule has 0 radical (unpaired) electrons. The number of hydrogen-bond acceptors (Lipinski definition) is 5. The number of benzene rings is 1. The number of pyridine rings is 1. The number of nitrogens with zero attached hydrogens (tertiary/aromatic N) is 4. The van der Waals surface area contributed by atoms with Gasteiger partial charge in [0.1, 0.15) is 0 Å². The molecule has 4 rings (SSSR count). The lowest BCUT2D eigenvalue weighted by Crippen LogP contribution is -2.31. The quantitative estimate of drug-likeness (QED) is 0.597. The van der Waals surface area contributed by atoms with E-state index in [0.717, 1.165) is 34.9 Å². The van der Waals surface area contributed by atoms with E-state index in [0.29, 0.717) is 5.82 Å². The summed E-state index contributed by atoms with van der Waals surface area (Å²) in [5.74, 6) is 0.567. The lowest BCUT2D eigenvalue weighted by molar-refractivity contribution is 0.551. The van der Waals surface area contributed by atoms with E-state index in [-0.39, 0.29) is 24.8 Å². The molecule has 0 aliphatic heterocycles. The summed E-state index contributed by atoms with van der Waals surface area (Å²) in [5, 5.41) is 5.57. The monoisotopic (exact) mass is 425 g/mol. The Kier molecular flexibility index (Phi) is 5.65. The second-order valence-corrected chi connectivity index (χ2v) is 8.98. The standard InChI is InChI=1S/C21H23N5O3S/c1-16-4-6-17(7-5-16)10-14-30(28,29)23-12-13-25-21(27)26(19-8-9-19)20(24-25)18-3-2-11-22-15-18/h2-7,10-11,14-15,19,23H,8-9,12-13H2,1H3/b14-10+. The van der Waals surface area contributed by atoms with Crippen molar-refractivity contribution in [2.24, 2.45) is 0 Å². The van der Waals surface area contributed by atoms with Gasteiger partial charge in [0, 0.05) is 36.0 Å². The van der Waals surface area contributed by atoms with Gasteiger partial charge in [-0.05, 0) is 43.5 Å². The third kappa shape index (κ3) is 4.74. The number of aryl methyl sites for hydroxylation is 1. The molecular formula is C21H23N5O3S. The van der Waals surface area contributed by atoms with Crippen LogP contribution in [-0.4, -0.2) is 34.3 Å². The highest BCUT2D eigenvalue weighted by atomic mass is 32.2. The summed E-state index contributed by atoms with van der Waals surface area (Å²) in [7, 11) is -3.62. The van der Waals surface area contributed by atoms with E-state index in [4.69, 9.17) is 0 Å². The summed E-state index contributed by atoms with van der Waals surface area (Å²) in [6, 6.07) is 11.3.